The van der Waals surface area contributed by atoms with Crippen molar-refractivity contribution in [2.45, 2.75) is 25.2 Å². The Morgan fingerprint density at radius 2 is 1.69 bits per heavy atom. The number of benzene rings is 2. The van der Waals surface area contributed by atoms with E-state index in [2.05, 4.69) is 5.32 Å². The highest BCUT2D eigenvalue weighted by atomic mass is 35.5. The number of hydrogen-bond donors (Lipinski definition) is 1. The highest BCUT2D eigenvalue weighted by Gasteiger charge is 2.31. The summed E-state index contributed by atoms with van der Waals surface area (Å²) in [6.45, 7) is 4.48. The quantitative estimate of drug-likeness (QED) is 0.593. The first-order valence-electron chi connectivity index (χ1n) is 10.1. The molecular formula is C22H24Cl2N2O5S. The van der Waals surface area contributed by atoms with E-state index in [0.717, 1.165) is 6.42 Å². The third kappa shape index (κ3) is 5.81. The molecule has 2 aromatic carbocycles. The number of carbonyl (C=O) groups excluding carboxylic acids is 2. The molecule has 7 nitrogen and oxygen atoms in total. The third-order valence-corrected chi connectivity index (χ3v) is 7.79. The van der Waals surface area contributed by atoms with Gasteiger partial charge in [-0.3, -0.25) is 4.79 Å². The van der Waals surface area contributed by atoms with E-state index < -0.39 is 28.5 Å². The Morgan fingerprint density at radius 1 is 1.06 bits per heavy atom. The normalized spacial score (nSPS) is 19.4. The van der Waals surface area contributed by atoms with Gasteiger partial charge in [0.2, 0.25) is 10.0 Å². The van der Waals surface area contributed by atoms with Crippen LogP contribution in [0, 0.1) is 11.8 Å². The van der Waals surface area contributed by atoms with Gasteiger partial charge in [0, 0.05) is 13.1 Å². The minimum Gasteiger partial charge on any atom is -0.452 e. The zero-order valence-electron chi connectivity index (χ0n) is 17.7. The van der Waals surface area contributed by atoms with Gasteiger partial charge in [0.1, 0.15) is 0 Å². The first-order chi connectivity index (χ1) is 15.1. The monoisotopic (exact) mass is 498 g/mol. The van der Waals surface area contributed by atoms with Crippen molar-refractivity contribution in [3.63, 3.8) is 0 Å². The van der Waals surface area contributed by atoms with E-state index in [-0.39, 0.29) is 32.3 Å². The maximum atomic E-state index is 12.9. The van der Waals surface area contributed by atoms with Gasteiger partial charge in [0.05, 0.1) is 26.2 Å². The molecule has 0 aromatic heterocycles. The fraction of sp³-hybridized carbons (Fsp3) is 0.364. The number of sulfonamides is 1. The van der Waals surface area contributed by atoms with Gasteiger partial charge >= 0.3 is 5.97 Å². The number of rotatable bonds is 6. The Balaban J connectivity index is 1.60. The van der Waals surface area contributed by atoms with Crippen LogP contribution in [0.15, 0.2) is 47.4 Å². The number of carbonyl (C=O) groups is 2. The summed E-state index contributed by atoms with van der Waals surface area (Å²) >= 11 is 11.9. The van der Waals surface area contributed by atoms with Crippen LogP contribution in [-0.2, 0) is 19.6 Å². The molecular weight excluding hydrogens is 475 g/mol. The Labute approximate surface area is 197 Å². The van der Waals surface area contributed by atoms with Gasteiger partial charge < -0.3 is 10.1 Å². The van der Waals surface area contributed by atoms with Crippen LogP contribution >= 0.6 is 23.2 Å². The fourth-order valence-corrected chi connectivity index (χ4v) is 5.74. The number of anilines is 1. The van der Waals surface area contributed by atoms with E-state index in [1.165, 1.54) is 28.6 Å². The van der Waals surface area contributed by atoms with E-state index >= 15 is 0 Å². The van der Waals surface area contributed by atoms with Crippen LogP contribution in [0.5, 0.6) is 0 Å². The maximum absolute atomic E-state index is 12.9. The summed E-state index contributed by atoms with van der Waals surface area (Å²) in [5, 5.41) is 2.98. The zero-order chi connectivity index (χ0) is 23.5. The summed E-state index contributed by atoms with van der Waals surface area (Å²) in [6, 6.07) is 10.3. The van der Waals surface area contributed by atoms with Crippen LogP contribution < -0.4 is 5.32 Å². The number of amides is 1. The molecule has 172 valence electrons. The van der Waals surface area contributed by atoms with Crippen molar-refractivity contribution in [1.29, 1.82) is 0 Å². The smallest absolute Gasteiger partial charge is 0.338 e. The van der Waals surface area contributed by atoms with Gasteiger partial charge in [-0.15, -0.1) is 0 Å². The lowest BCUT2D eigenvalue weighted by molar-refractivity contribution is -0.119. The Morgan fingerprint density at radius 3 is 2.31 bits per heavy atom. The van der Waals surface area contributed by atoms with E-state index in [0.29, 0.717) is 18.8 Å². The van der Waals surface area contributed by atoms with Crippen LogP contribution in [0.3, 0.4) is 0 Å². The topological polar surface area (TPSA) is 92.8 Å². The Bertz CT molecular complexity index is 1100. The summed E-state index contributed by atoms with van der Waals surface area (Å²) in [5.41, 5.74) is 0.439. The zero-order valence-corrected chi connectivity index (χ0v) is 20.0. The highest BCUT2D eigenvalue weighted by Crippen LogP contribution is 2.29. The number of ether oxygens (including phenoxy) is 1. The van der Waals surface area contributed by atoms with Crippen molar-refractivity contribution in [2.75, 3.05) is 25.0 Å². The highest BCUT2D eigenvalue weighted by molar-refractivity contribution is 7.89. The average molecular weight is 499 g/mol. The molecule has 2 aromatic rings. The Kier molecular flexibility index (Phi) is 7.82. The number of piperidine rings is 1. The summed E-state index contributed by atoms with van der Waals surface area (Å²) in [6.07, 6.45) is 0.994. The predicted molar refractivity (Wildman–Crippen MR) is 124 cm³/mol. The number of halogens is 2. The molecule has 3 rings (SSSR count). The number of hydrogen-bond acceptors (Lipinski definition) is 5. The molecule has 0 radical (unpaired) electrons. The summed E-state index contributed by atoms with van der Waals surface area (Å²) in [4.78, 5) is 24.4. The van der Waals surface area contributed by atoms with Gasteiger partial charge in [0.25, 0.3) is 5.91 Å². The van der Waals surface area contributed by atoms with Crippen LogP contribution in [-0.4, -0.2) is 44.3 Å². The second-order valence-corrected chi connectivity index (χ2v) is 10.7. The fourth-order valence-electron chi connectivity index (χ4n) is 3.72. The molecule has 0 spiro atoms. The average Bonchev–Trinajstić information content (AvgIpc) is 2.74. The van der Waals surface area contributed by atoms with Crippen LogP contribution in [0.1, 0.15) is 30.6 Å². The lowest BCUT2D eigenvalue weighted by Crippen LogP contribution is -2.42. The lowest BCUT2D eigenvalue weighted by atomic mass is 9.94. The summed E-state index contributed by atoms with van der Waals surface area (Å²) in [5.74, 6) is -0.761. The number of esters is 1. The molecule has 0 aliphatic carbocycles. The van der Waals surface area contributed by atoms with E-state index in [1.54, 1.807) is 18.2 Å². The summed E-state index contributed by atoms with van der Waals surface area (Å²) < 4.78 is 32.4. The molecule has 0 saturated carbocycles. The van der Waals surface area contributed by atoms with Crippen molar-refractivity contribution in [3.05, 3.63) is 58.1 Å². The van der Waals surface area contributed by atoms with E-state index in [4.69, 9.17) is 27.9 Å². The largest absolute Gasteiger partial charge is 0.452 e. The van der Waals surface area contributed by atoms with Crippen molar-refractivity contribution >= 4 is 50.8 Å². The van der Waals surface area contributed by atoms with E-state index in [1.807, 2.05) is 13.8 Å². The van der Waals surface area contributed by atoms with Gasteiger partial charge in [-0.1, -0.05) is 43.1 Å². The lowest BCUT2D eigenvalue weighted by Gasteiger charge is -2.34. The SMILES string of the molecule is CC1CC(C)CN(S(=O)(=O)c2ccc(C(=O)OCC(=O)Nc3cccc(Cl)c3Cl)cc2)C1. The molecule has 1 amide bonds. The molecule has 1 fully saturated rings. The second-order valence-electron chi connectivity index (χ2n) is 8.02. The minimum absolute atomic E-state index is 0.115. The molecule has 0 bridgehead atoms. The van der Waals surface area contributed by atoms with Gasteiger partial charge in [-0.05, 0) is 54.7 Å². The van der Waals surface area contributed by atoms with Crippen molar-refractivity contribution < 1.29 is 22.7 Å². The van der Waals surface area contributed by atoms with Crippen LogP contribution in [0.25, 0.3) is 0 Å². The third-order valence-electron chi connectivity index (χ3n) is 5.12. The second kappa shape index (κ2) is 10.2. The molecule has 10 heteroatoms. The Hall–Kier alpha value is -2.13. The molecule has 2 unspecified atom stereocenters. The minimum atomic E-state index is -3.64. The summed E-state index contributed by atoms with van der Waals surface area (Å²) in [7, 11) is -3.64. The standard InChI is InChI=1S/C22H24Cl2N2O5S/c1-14-10-15(2)12-26(11-14)32(29,30)17-8-6-16(7-9-17)22(28)31-13-20(27)25-19-5-3-4-18(23)21(19)24/h3-9,14-15H,10-13H2,1-2H3,(H,25,27). The number of nitrogens with zero attached hydrogens (tertiary/aromatic N) is 1. The molecule has 1 aliphatic heterocycles. The van der Waals surface area contributed by atoms with Crippen LogP contribution in [0.2, 0.25) is 10.0 Å². The van der Waals surface area contributed by atoms with Crippen molar-refractivity contribution in [1.82, 2.24) is 4.31 Å². The van der Waals surface area contributed by atoms with Gasteiger partial charge in [-0.2, -0.15) is 4.31 Å². The molecule has 2 atom stereocenters. The van der Waals surface area contributed by atoms with Crippen molar-refractivity contribution in [3.8, 4) is 0 Å². The first kappa shape index (κ1) is 24.5. The van der Waals surface area contributed by atoms with Crippen molar-refractivity contribution in [2.24, 2.45) is 11.8 Å². The molecule has 1 N–H and O–H groups in total. The van der Waals surface area contributed by atoms with Gasteiger partial charge in [-0.25, -0.2) is 13.2 Å². The number of nitrogens with one attached hydrogen (secondary N) is 1. The van der Waals surface area contributed by atoms with Gasteiger partial charge in [0.15, 0.2) is 6.61 Å². The molecule has 32 heavy (non-hydrogen) atoms. The van der Waals surface area contributed by atoms with Crippen LogP contribution in [0.4, 0.5) is 5.69 Å². The molecule has 1 saturated heterocycles. The van der Waals surface area contributed by atoms with E-state index in [9.17, 15) is 18.0 Å². The first-order valence-corrected chi connectivity index (χ1v) is 12.3. The maximum Gasteiger partial charge on any atom is 0.338 e. The predicted octanol–water partition coefficient (Wildman–Crippen LogP) is 4.46. The molecule has 1 heterocycles. The molecule has 1 aliphatic rings.